The standard InChI is InChI=1S/C23H22F2N6O2/c1-23(2,13-32)30-21-8-20(14(9-26)11-29-21)31-7-6-19(15(10-27)22(31)33)28-12-16-17(24)4-3-5-18(16)25/h3-8,10-11,27-28,32H,12-13H2,1-2H3,(H,29,30). The van der Waals surface area contributed by atoms with Gasteiger partial charge in [0.2, 0.25) is 0 Å². The van der Waals surface area contributed by atoms with Gasteiger partial charge in [0, 0.05) is 36.8 Å². The number of benzene rings is 1. The largest absolute Gasteiger partial charge is 0.394 e. The molecule has 0 spiro atoms. The monoisotopic (exact) mass is 452 g/mol. The van der Waals surface area contributed by atoms with Crippen LogP contribution in [0, 0.1) is 28.4 Å². The number of aliphatic hydroxyl groups excluding tert-OH is 1. The van der Waals surface area contributed by atoms with E-state index < -0.39 is 22.7 Å². The highest BCUT2D eigenvalue weighted by atomic mass is 19.1. The van der Waals surface area contributed by atoms with E-state index in [2.05, 4.69) is 15.6 Å². The summed E-state index contributed by atoms with van der Waals surface area (Å²) in [6.07, 6.45) is 3.53. The summed E-state index contributed by atoms with van der Waals surface area (Å²) in [5.41, 5.74) is -1.00. The zero-order valence-corrected chi connectivity index (χ0v) is 18.0. The molecule has 4 N–H and O–H groups in total. The summed E-state index contributed by atoms with van der Waals surface area (Å²) in [6.45, 7) is 3.10. The number of pyridine rings is 2. The third kappa shape index (κ3) is 5.05. The Hall–Kier alpha value is -4.10. The third-order valence-corrected chi connectivity index (χ3v) is 4.92. The first-order chi connectivity index (χ1) is 15.7. The summed E-state index contributed by atoms with van der Waals surface area (Å²) in [7, 11) is 0. The van der Waals surface area contributed by atoms with Gasteiger partial charge in [-0.3, -0.25) is 9.36 Å². The summed E-state index contributed by atoms with van der Waals surface area (Å²) in [5, 5.41) is 32.5. The summed E-state index contributed by atoms with van der Waals surface area (Å²) >= 11 is 0. The molecule has 0 aliphatic carbocycles. The van der Waals surface area contributed by atoms with Gasteiger partial charge in [-0.25, -0.2) is 13.8 Å². The molecule has 3 aromatic rings. The first kappa shape index (κ1) is 23.6. The van der Waals surface area contributed by atoms with Crippen molar-refractivity contribution in [2.75, 3.05) is 17.2 Å². The summed E-state index contributed by atoms with van der Waals surface area (Å²) < 4.78 is 29.0. The molecule has 0 fully saturated rings. The Kier molecular flexibility index (Phi) is 6.84. The molecule has 170 valence electrons. The fraction of sp³-hybridized carbons (Fsp3) is 0.217. The molecule has 10 heteroatoms. The second-order valence-corrected chi connectivity index (χ2v) is 7.88. The lowest BCUT2D eigenvalue weighted by atomic mass is 10.1. The lowest BCUT2D eigenvalue weighted by molar-refractivity contribution is 0.234. The molecular formula is C23H22F2N6O2. The molecule has 2 heterocycles. The molecule has 0 amide bonds. The Bertz CT molecular complexity index is 1280. The Morgan fingerprint density at radius 3 is 2.61 bits per heavy atom. The van der Waals surface area contributed by atoms with Crippen molar-refractivity contribution < 1.29 is 13.9 Å². The molecule has 0 bridgehead atoms. The van der Waals surface area contributed by atoms with Gasteiger partial charge in [0.05, 0.1) is 34.6 Å². The van der Waals surface area contributed by atoms with Crippen LogP contribution in [0.15, 0.2) is 47.5 Å². The van der Waals surface area contributed by atoms with Crippen LogP contribution in [0.5, 0.6) is 0 Å². The second kappa shape index (κ2) is 9.58. The van der Waals surface area contributed by atoms with Crippen LogP contribution < -0.4 is 16.2 Å². The molecule has 0 atom stereocenters. The van der Waals surface area contributed by atoms with Crippen molar-refractivity contribution in [2.24, 2.45) is 0 Å². The molecule has 33 heavy (non-hydrogen) atoms. The van der Waals surface area contributed by atoms with Crippen molar-refractivity contribution in [3.63, 3.8) is 0 Å². The molecular weight excluding hydrogens is 430 g/mol. The maximum absolute atomic E-state index is 13.9. The van der Waals surface area contributed by atoms with Crippen LogP contribution in [0.25, 0.3) is 5.69 Å². The molecule has 0 saturated carbocycles. The predicted octanol–water partition coefficient (Wildman–Crippen LogP) is 3.17. The highest BCUT2D eigenvalue weighted by Crippen LogP contribution is 2.21. The zero-order chi connectivity index (χ0) is 24.2. The van der Waals surface area contributed by atoms with E-state index in [1.165, 1.54) is 35.2 Å². The van der Waals surface area contributed by atoms with Gasteiger partial charge >= 0.3 is 0 Å². The minimum Gasteiger partial charge on any atom is -0.394 e. The van der Waals surface area contributed by atoms with E-state index in [-0.39, 0.29) is 41.2 Å². The lowest BCUT2D eigenvalue weighted by Crippen LogP contribution is -2.35. The van der Waals surface area contributed by atoms with Gasteiger partial charge in [0.1, 0.15) is 23.5 Å². The number of nitriles is 1. The normalized spacial score (nSPS) is 11.0. The summed E-state index contributed by atoms with van der Waals surface area (Å²) in [6, 6.07) is 8.47. The van der Waals surface area contributed by atoms with Crippen LogP contribution in [0.2, 0.25) is 0 Å². The Morgan fingerprint density at radius 2 is 2.00 bits per heavy atom. The van der Waals surface area contributed by atoms with E-state index in [1.807, 2.05) is 6.07 Å². The number of hydrogen-bond acceptors (Lipinski definition) is 7. The molecule has 0 saturated heterocycles. The van der Waals surface area contributed by atoms with Gasteiger partial charge in [-0.1, -0.05) is 6.07 Å². The molecule has 0 radical (unpaired) electrons. The topological polar surface area (TPSA) is 127 Å². The Labute approximate surface area is 188 Å². The van der Waals surface area contributed by atoms with Gasteiger partial charge in [0.15, 0.2) is 0 Å². The van der Waals surface area contributed by atoms with Gasteiger partial charge < -0.3 is 21.1 Å². The maximum Gasteiger partial charge on any atom is 0.266 e. The van der Waals surface area contributed by atoms with E-state index in [4.69, 9.17) is 5.41 Å². The molecule has 0 unspecified atom stereocenters. The van der Waals surface area contributed by atoms with Crippen molar-refractivity contribution in [2.45, 2.75) is 25.9 Å². The molecule has 1 aromatic carbocycles. The average Bonchev–Trinajstić information content (AvgIpc) is 2.78. The fourth-order valence-electron chi connectivity index (χ4n) is 3.10. The molecule has 3 rings (SSSR count). The van der Waals surface area contributed by atoms with Crippen LogP contribution in [-0.4, -0.2) is 33.0 Å². The molecule has 8 nitrogen and oxygen atoms in total. The SMILES string of the molecule is CC(C)(CO)Nc1cc(-n2ccc(NCc3c(F)cccc3F)c(C=N)c2=O)c(C#N)cn1. The predicted molar refractivity (Wildman–Crippen MR) is 121 cm³/mol. The number of nitrogens with zero attached hydrogens (tertiary/aromatic N) is 3. The van der Waals surface area contributed by atoms with Crippen LogP contribution in [0.1, 0.15) is 30.5 Å². The first-order valence-electron chi connectivity index (χ1n) is 9.93. The molecule has 2 aromatic heterocycles. The number of nitrogens with one attached hydrogen (secondary N) is 3. The fourth-order valence-corrected chi connectivity index (χ4v) is 3.10. The smallest absolute Gasteiger partial charge is 0.266 e. The van der Waals surface area contributed by atoms with E-state index in [0.29, 0.717) is 5.82 Å². The minimum atomic E-state index is -0.728. The van der Waals surface area contributed by atoms with Gasteiger partial charge in [-0.15, -0.1) is 0 Å². The lowest BCUT2D eigenvalue weighted by Gasteiger charge is -2.24. The van der Waals surface area contributed by atoms with Crippen LogP contribution in [0.3, 0.4) is 0 Å². The summed E-state index contributed by atoms with van der Waals surface area (Å²) in [4.78, 5) is 17.3. The van der Waals surface area contributed by atoms with Crippen molar-refractivity contribution in [1.82, 2.24) is 9.55 Å². The number of halogens is 2. The minimum absolute atomic E-state index is 0.0554. The van der Waals surface area contributed by atoms with E-state index in [9.17, 15) is 23.9 Å². The van der Waals surface area contributed by atoms with Crippen LogP contribution >= 0.6 is 0 Å². The van der Waals surface area contributed by atoms with Crippen molar-refractivity contribution in [1.29, 1.82) is 10.7 Å². The summed E-state index contributed by atoms with van der Waals surface area (Å²) in [5.74, 6) is -1.12. The van der Waals surface area contributed by atoms with E-state index >= 15 is 0 Å². The number of anilines is 2. The van der Waals surface area contributed by atoms with Crippen LogP contribution in [-0.2, 0) is 6.54 Å². The van der Waals surface area contributed by atoms with E-state index in [0.717, 1.165) is 18.3 Å². The quantitative estimate of drug-likeness (QED) is 0.389. The Balaban J connectivity index is 2.01. The molecule has 0 aliphatic heterocycles. The Morgan fingerprint density at radius 1 is 1.30 bits per heavy atom. The van der Waals surface area contributed by atoms with Crippen LogP contribution in [0.4, 0.5) is 20.3 Å². The van der Waals surface area contributed by atoms with Crippen molar-refractivity contribution >= 4 is 17.7 Å². The highest BCUT2D eigenvalue weighted by Gasteiger charge is 2.19. The third-order valence-electron chi connectivity index (χ3n) is 4.92. The van der Waals surface area contributed by atoms with Crippen molar-refractivity contribution in [3.05, 3.63) is 81.4 Å². The van der Waals surface area contributed by atoms with Crippen molar-refractivity contribution in [3.8, 4) is 11.8 Å². The van der Waals surface area contributed by atoms with Gasteiger partial charge in [-0.05, 0) is 32.0 Å². The maximum atomic E-state index is 13.9. The highest BCUT2D eigenvalue weighted by molar-refractivity contribution is 5.85. The second-order valence-electron chi connectivity index (χ2n) is 7.88. The van der Waals surface area contributed by atoms with Gasteiger partial charge in [-0.2, -0.15) is 5.26 Å². The number of hydrogen-bond donors (Lipinski definition) is 4. The van der Waals surface area contributed by atoms with E-state index in [1.54, 1.807) is 13.8 Å². The molecule has 0 aliphatic rings. The zero-order valence-electron chi connectivity index (χ0n) is 18.0. The number of rotatable bonds is 8. The number of aliphatic hydroxyl groups is 1. The number of aromatic nitrogens is 2. The first-order valence-corrected chi connectivity index (χ1v) is 9.93. The average molecular weight is 452 g/mol. The van der Waals surface area contributed by atoms with Gasteiger partial charge in [0.25, 0.3) is 5.56 Å².